The lowest BCUT2D eigenvalue weighted by atomic mass is 10.1. The molecule has 0 saturated heterocycles. The molecule has 0 radical (unpaired) electrons. The van der Waals surface area contributed by atoms with E-state index in [2.05, 4.69) is 4.98 Å². The van der Waals surface area contributed by atoms with Crippen molar-refractivity contribution in [1.82, 2.24) is 9.55 Å². The van der Waals surface area contributed by atoms with Gasteiger partial charge >= 0.3 is 0 Å². The maximum Gasteiger partial charge on any atom is 0.128 e. The molecule has 1 N–H and O–H groups in total. The van der Waals surface area contributed by atoms with Crippen LogP contribution in [0.25, 0.3) is 0 Å². The molecule has 0 saturated carbocycles. The first-order valence-corrected chi connectivity index (χ1v) is 5.53. The molecule has 1 aromatic carbocycles. The highest BCUT2D eigenvalue weighted by Crippen LogP contribution is 2.32. The molecule has 0 spiro atoms. The second kappa shape index (κ2) is 5.10. The number of rotatable bonds is 4. The normalized spacial score (nSPS) is 12.2. The number of methoxy groups -OCH3 is 2. The van der Waals surface area contributed by atoms with Crippen LogP contribution in [0.4, 0.5) is 0 Å². The van der Waals surface area contributed by atoms with Crippen LogP contribution in [0.5, 0.6) is 11.5 Å². The molecule has 1 atom stereocenters. The van der Waals surface area contributed by atoms with Crippen molar-refractivity contribution in [3.63, 3.8) is 0 Å². The molecule has 0 fully saturated rings. The molecule has 5 nitrogen and oxygen atoms in total. The third kappa shape index (κ3) is 2.31. The van der Waals surface area contributed by atoms with Gasteiger partial charge in [-0.25, -0.2) is 4.98 Å². The maximum absolute atomic E-state index is 10.3. The summed E-state index contributed by atoms with van der Waals surface area (Å²) in [6.45, 7) is 0. The van der Waals surface area contributed by atoms with E-state index < -0.39 is 6.10 Å². The first kappa shape index (κ1) is 12.4. The standard InChI is InChI=1S/C13H16N2O3/c1-15-7-11(14-8-15)13(16)10-5-4-9(17-2)6-12(10)18-3/h4-8,13,16H,1-3H3. The number of aromatic nitrogens is 2. The van der Waals surface area contributed by atoms with Crippen molar-refractivity contribution >= 4 is 0 Å². The van der Waals surface area contributed by atoms with E-state index in [1.807, 2.05) is 7.05 Å². The molecule has 1 unspecified atom stereocenters. The predicted molar refractivity (Wildman–Crippen MR) is 66.8 cm³/mol. The van der Waals surface area contributed by atoms with Crippen molar-refractivity contribution in [2.45, 2.75) is 6.10 Å². The lowest BCUT2D eigenvalue weighted by Crippen LogP contribution is -2.03. The highest BCUT2D eigenvalue weighted by molar-refractivity contribution is 5.44. The van der Waals surface area contributed by atoms with Gasteiger partial charge in [0.2, 0.25) is 0 Å². The van der Waals surface area contributed by atoms with Crippen LogP contribution in [0.3, 0.4) is 0 Å². The third-order valence-electron chi connectivity index (χ3n) is 2.74. The average molecular weight is 248 g/mol. The summed E-state index contributed by atoms with van der Waals surface area (Å²) in [5.74, 6) is 1.26. The van der Waals surface area contributed by atoms with E-state index in [9.17, 15) is 5.11 Å². The molecule has 18 heavy (non-hydrogen) atoms. The molecular formula is C13H16N2O3. The molecular weight excluding hydrogens is 232 g/mol. The molecule has 1 heterocycles. The SMILES string of the molecule is COc1ccc(C(O)c2cn(C)cn2)c(OC)c1. The number of nitrogens with zero attached hydrogens (tertiary/aromatic N) is 2. The number of hydrogen-bond donors (Lipinski definition) is 1. The smallest absolute Gasteiger partial charge is 0.128 e. The molecule has 5 heteroatoms. The molecule has 0 aliphatic carbocycles. The van der Waals surface area contributed by atoms with E-state index in [1.165, 1.54) is 0 Å². The lowest BCUT2D eigenvalue weighted by Gasteiger charge is -2.14. The van der Waals surface area contributed by atoms with Crippen molar-refractivity contribution in [2.24, 2.45) is 7.05 Å². The summed E-state index contributed by atoms with van der Waals surface area (Å²) in [4.78, 5) is 4.14. The van der Waals surface area contributed by atoms with Gasteiger partial charge in [-0.3, -0.25) is 0 Å². The lowest BCUT2D eigenvalue weighted by molar-refractivity contribution is 0.210. The monoisotopic (exact) mass is 248 g/mol. The van der Waals surface area contributed by atoms with Crippen LogP contribution in [-0.2, 0) is 7.05 Å². The number of aryl methyl sites for hydroxylation is 1. The quantitative estimate of drug-likeness (QED) is 0.891. The van der Waals surface area contributed by atoms with Crippen molar-refractivity contribution in [2.75, 3.05) is 14.2 Å². The number of hydrogen-bond acceptors (Lipinski definition) is 4. The first-order valence-electron chi connectivity index (χ1n) is 5.53. The van der Waals surface area contributed by atoms with Gasteiger partial charge in [0.15, 0.2) is 0 Å². The van der Waals surface area contributed by atoms with Crippen LogP contribution in [0, 0.1) is 0 Å². The Hall–Kier alpha value is -2.01. The average Bonchev–Trinajstić information content (AvgIpc) is 2.83. The third-order valence-corrected chi connectivity index (χ3v) is 2.74. The highest BCUT2D eigenvalue weighted by atomic mass is 16.5. The fourth-order valence-electron chi connectivity index (χ4n) is 1.78. The summed E-state index contributed by atoms with van der Waals surface area (Å²) in [6.07, 6.45) is 2.61. The van der Waals surface area contributed by atoms with Gasteiger partial charge in [-0.1, -0.05) is 0 Å². The predicted octanol–water partition coefficient (Wildman–Crippen LogP) is 1.52. The molecule has 1 aromatic heterocycles. The maximum atomic E-state index is 10.3. The second-order valence-corrected chi connectivity index (χ2v) is 3.97. The Morgan fingerprint density at radius 1 is 1.28 bits per heavy atom. The molecule has 0 aliphatic heterocycles. The largest absolute Gasteiger partial charge is 0.497 e. The van der Waals surface area contributed by atoms with Crippen LogP contribution in [0.2, 0.25) is 0 Å². The Labute approximate surface area is 106 Å². The molecule has 2 rings (SSSR count). The van der Waals surface area contributed by atoms with Crippen molar-refractivity contribution in [3.05, 3.63) is 42.0 Å². The fourth-order valence-corrected chi connectivity index (χ4v) is 1.78. The van der Waals surface area contributed by atoms with Gasteiger partial charge in [-0.05, 0) is 12.1 Å². The minimum atomic E-state index is -0.813. The summed E-state index contributed by atoms with van der Waals surface area (Å²) in [5.41, 5.74) is 1.25. The summed E-state index contributed by atoms with van der Waals surface area (Å²) in [5, 5.41) is 10.3. The van der Waals surface area contributed by atoms with Gasteiger partial charge in [0, 0.05) is 24.9 Å². The zero-order chi connectivity index (χ0) is 13.1. The van der Waals surface area contributed by atoms with E-state index in [0.717, 1.165) is 0 Å². The van der Waals surface area contributed by atoms with Crippen LogP contribution in [-0.4, -0.2) is 28.9 Å². The Morgan fingerprint density at radius 3 is 2.61 bits per heavy atom. The van der Waals surface area contributed by atoms with Crippen LogP contribution < -0.4 is 9.47 Å². The Balaban J connectivity index is 2.38. The van der Waals surface area contributed by atoms with Crippen LogP contribution >= 0.6 is 0 Å². The topological polar surface area (TPSA) is 56.5 Å². The Kier molecular flexibility index (Phi) is 3.53. The minimum absolute atomic E-state index is 0.576. The molecule has 0 aliphatic rings. The van der Waals surface area contributed by atoms with E-state index in [1.54, 1.807) is 49.5 Å². The van der Waals surface area contributed by atoms with Crippen molar-refractivity contribution < 1.29 is 14.6 Å². The van der Waals surface area contributed by atoms with Gasteiger partial charge in [0.25, 0.3) is 0 Å². The highest BCUT2D eigenvalue weighted by Gasteiger charge is 2.18. The number of imidazole rings is 1. The molecule has 0 bridgehead atoms. The van der Waals surface area contributed by atoms with E-state index in [4.69, 9.17) is 9.47 Å². The molecule has 0 amide bonds. The zero-order valence-electron chi connectivity index (χ0n) is 10.6. The van der Waals surface area contributed by atoms with Crippen molar-refractivity contribution in [1.29, 1.82) is 0 Å². The summed E-state index contributed by atoms with van der Waals surface area (Å²) < 4.78 is 12.2. The minimum Gasteiger partial charge on any atom is -0.497 e. The van der Waals surface area contributed by atoms with Gasteiger partial charge in [0.1, 0.15) is 17.6 Å². The summed E-state index contributed by atoms with van der Waals surface area (Å²) in [7, 11) is 5.00. The van der Waals surface area contributed by atoms with E-state index >= 15 is 0 Å². The first-order chi connectivity index (χ1) is 8.65. The van der Waals surface area contributed by atoms with Crippen molar-refractivity contribution in [3.8, 4) is 11.5 Å². The van der Waals surface area contributed by atoms with Gasteiger partial charge in [-0.15, -0.1) is 0 Å². The second-order valence-electron chi connectivity index (χ2n) is 3.97. The zero-order valence-corrected chi connectivity index (χ0v) is 10.6. The van der Waals surface area contributed by atoms with Crippen LogP contribution in [0.1, 0.15) is 17.4 Å². The number of aliphatic hydroxyl groups is 1. The Bertz CT molecular complexity index is 537. The summed E-state index contributed by atoms with van der Waals surface area (Å²) in [6, 6.07) is 5.29. The van der Waals surface area contributed by atoms with Gasteiger partial charge in [-0.2, -0.15) is 0 Å². The number of aliphatic hydroxyl groups excluding tert-OH is 1. The van der Waals surface area contributed by atoms with E-state index in [-0.39, 0.29) is 0 Å². The van der Waals surface area contributed by atoms with Crippen LogP contribution in [0.15, 0.2) is 30.7 Å². The Morgan fingerprint density at radius 2 is 2.06 bits per heavy atom. The summed E-state index contributed by atoms with van der Waals surface area (Å²) >= 11 is 0. The van der Waals surface area contributed by atoms with E-state index in [0.29, 0.717) is 22.8 Å². The molecule has 96 valence electrons. The number of ether oxygens (including phenoxy) is 2. The fraction of sp³-hybridized carbons (Fsp3) is 0.308. The number of benzene rings is 1. The molecule has 2 aromatic rings. The van der Waals surface area contributed by atoms with Gasteiger partial charge in [0.05, 0.1) is 26.2 Å². The van der Waals surface area contributed by atoms with Gasteiger partial charge < -0.3 is 19.1 Å².